The molecule has 0 aliphatic carbocycles. The second-order valence-electron chi connectivity index (χ2n) is 9.06. The Morgan fingerprint density at radius 2 is 1.43 bits per heavy atom. The molecule has 8 nitrogen and oxygen atoms in total. The highest BCUT2D eigenvalue weighted by Gasteiger charge is 2.20. The largest absolute Gasteiger partial charge is 0.478 e. The Morgan fingerprint density at radius 3 is 2.10 bits per heavy atom. The van der Waals surface area contributed by atoms with Gasteiger partial charge in [0, 0.05) is 5.56 Å². The van der Waals surface area contributed by atoms with Gasteiger partial charge in [0.25, 0.3) is 0 Å². The molecule has 0 fully saturated rings. The van der Waals surface area contributed by atoms with Crippen molar-refractivity contribution in [1.29, 1.82) is 0 Å². The fourth-order valence-electron chi connectivity index (χ4n) is 4.19. The smallest absolute Gasteiger partial charge is 0.412 e. The first-order chi connectivity index (χ1) is 19.4. The molecule has 8 heteroatoms. The van der Waals surface area contributed by atoms with Crippen LogP contribution < -0.4 is 10.1 Å². The third-order valence-corrected chi connectivity index (χ3v) is 6.32. The van der Waals surface area contributed by atoms with Gasteiger partial charge in [0.05, 0.1) is 0 Å². The van der Waals surface area contributed by atoms with Crippen LogP contribution in [0.25, 0.3) is 22.5 Å². The number of aromatic carboxylic acids is 1. The summed E-state index contributed by atoms with van der Waals surface area (Å²) in [5, 5.41) is 16.2. The Kier molecular flexibility index (Phi) is 7.59. The first-order valence-corrected chi connectivity index (χ1v) is 12.6. The number of hydrogen-bond acceptors (Lipinski definition) is 6. The van der Waals surface area contributed by atoms with Crippen LogP contribution in [0.2, 0.25) is 0 Å². The molecule has 0 spiro atoms. The topological polar surface area (TPSA) is 111 Å². The van der Waals surface area contributed by atoms with E-state index in [0.717, 1.165) is 22.3 Å². The van der Waals surface area contributed by atoms with Gasteiger partial charge in [0.15, 0.2) is 5.76 Å². The summed E-state index contributed by atoms with van der Waals surface area (Å²) in [5.41, 5.74) is 4.59. The third kappa shape index (κ3) is 5.86. The number of rotatable bonds is 8. The molecule has 1 heterocycles. The van der Waals surface area contributed by atoms with E-state index in [4.69, 9.17) is 14.0 Å². The van der Waals surface area contributed by atoms with Crippen molar-refractivity contribution in [3.63, 3.8) is 0 Å². The average molecular weight is 535 g/mol. The number of hydrogen-bond donors (Lipinski definition) is 2. The van der Waals surface area contributed by atoms with Crippen molar-refractivity contribution in [3.05, 3.63) is 120 Å². The maximum atomic E-state index is 12.6. The van der Waals surface area contributed by atoms with Crippen molar-refractivity contribution in [2.45, 2.75) is 20.0 Å². The third-order valence-electron chi connectivity index (χ3n) is 6.32. The Morgan fingerprint density at radius 1 is 0.825 bits per heavy atom. The van der Waals surface area contributed by atoms with Crippen LogP contribution in [0, 0.1) is 6.92 Å². The predicted molar refractivity (Wildman–Crippen MR) is 151 cm³/mol. The van der Waals surface area contributed by atoms with Gasteiger partial charge in [-0.1, -0.05) is 84.0 Å². The molecule has 0 unspecified atom stereocenters. The Bertz CT molecular complexity index is 1630. The van der Waals surface area contributed by atoms with Crippen LogP contribution in [0.3, 0.4) is 0 Å². The normalized spacial score (nSPS) is 11.4. The average Bonchev–Trinajstić information content (AvgIpc) is 3.33. The van der Waals surface area contributed by atoms with Gasteiger partial charge in [-0.25, -0.2) is 9.59 Å². The van der Waals surface area contributed by atoms with Gasteiger partial charge >= 0.3 is 12.1 Å². The summed E-state index contributed by atoms with van der Waals surface area (Å²) in [5.74, 6) is 0.174. The zero-order valence-electron chi connectivity index (χ0n) is 21.8. The molecule has 5 aromatic rings. The molecule has 0 radical (unpaired) electrons. The lowest BCUT2D eigenvalue weighted by Gasteiger charge is -2.14. The maximum Gasteiger partial charge on any atom is 0.412 e. The molecule has 2 N–H and O–H groups in total. The van der Waals surface area contributed by atoms with E-state index in [1.54, 1.807) is 37.3 Å². The highest BCUT2D eigenvalue weighted by atomic mass is 16.6. The summed E-state index contributed by atoms with van der Waals surface area (Å²) < 4.78 is 16.9. The van der Waals surface area contributed by atoms with Gasteiger partial charge in [0.1, 0.15) is 34.5 Å². The van der Waals surface area contributed by atoms with Gasteiger partial charge in [-0.2, -0.15) is 0 Å². The number of nitrogens with zero attached hydrogens (tertiary/aromatic N) is 1. The maximum absolute atomic E-state index is 12.6. The quantitative estimate of drug-likeness (QED) is 0.207. The van der Waals surface area contributed by atoms with E-state index in [-0.39, 0.29) is 11.3 Å². The lowest BCUT2D eigenvalue weighted by atomic mass is 10.0. The molecule has 0 saturated heterocycles. The number of benzene rings is 4. The van der Waals surface area contributed by atoms with E-state index < -0.39 is 18.2 Å². The molecule has 0 aliphatic rings. The Balaban J connectivity index is 1.28. The van der Waals surface area contributed by atoms with Crippen LogP contribution in [-0.4, -0.2) is 22.3 Å². The highest BCUT2D eigenvalue weighted by Crippen LogP contribution is 2.34. The van der Waals surface area contributed by atoms with E-state index >= 15 is 0 Å². The zero-order chi connectivity index (χ0) is 28.1. The minimum Gasteiger partial charge on any atom is -0.478 e. The highest BCUT2D eigenvalue weighted by molar-refractivity contribution is 5.91. The summed E-state index contributed by atoms with van der Waals surface area (Å²) in [6, 6.07) is 31.0. The molecule has 0 saturated carbocycles. The zero-order valence-corrected chi connectivity index (χ0v) is 21.8. The number of anilines is 1. The molecule has 0 bridgehead atoms. The number of carboxylic acids is 1. The van der Waals surface area contributed by atoms with Gasteiger partial charge in [-0.3, -0.25) is 5.32 Å². The summed E-state index contributed by atoms with van der Waals surface area (Å²) in [7, 11) is 0. The summed E-state index contributed by atoms with van der Waals surface area (Å²) in [6.45, 7) is 3.55. The summed E-state index contributed by atoms with van der Waals surface area (Å²) >= 11 is 0. The van der Waals surface area contributed by atoms with Crippen molar-refractivity contribution in [2.75, 3.05) is 5.32 Å². The monoisotopic (exact) mass is 534 g/mol. The molecule has 1 aromatic heterocycles. The minimum atomic E-state index is -1.05. The molecule has 1 atom stereocenters. The number of nitrogens with one attached hydrogen (secondary N) is 1. The number of carboxylic acid groups (broad SMARTS) is 1. The fourth-order valence-corrected chi connectivity index (χ4v) is 4.19. The van der Waals surface area contributed by atoms with Crippen LogP contribution in [0.1, 0.15) is 34.6 Å². The standard InChI is InChI=1S/C32H26N2O6/c1-20-29(33-32(37)38-21(2)22-8-4-3-5-9-22)30(40-34-20)25-14-12-23(13-15-25)24-16-18-26(19-17-24)39-28-11-7-6-10-27(28)31(35)36/h3-19,21H,1-2H3,(H,33,37)(H,35,36)/t21-/m1/s1. The van der Waals surface area contributed by atoms with Gasteiger partial charge in [-0.15, -0.1) is 0 Å². The van der Waals surface area contributed by atoms with Crippen LogP contribution >= 0.6 is 0 Å². The fraction of sp³-hybridized carbons (Fsp3) is 0.0938. The van der Waals surface area contributed by atoms with E-state index in [0.29, 0.717) is 22.9 Å². The minimum absolute atomic E-state index is 0.0950. The number of carbonyl (C=O) groups excluding carboxylic acids is 1. The molecule has 4 aromatic carbocycles. The molecular weight excluding hydrogens is 508 g/mol. The second-order valence-corrected chi connectivity index (χ2v) is 9.06. The second kappa shape index (κ2) is 11.6. The van der Waals surface area contributed by atoms with E-state index in [1.807, 2.05) is 73.7 Å². The van der Waals surface area contributed by atoms with Crippen molar-refractivity contribution >= 4 is 17.7 Å². The van der Waals surface area contributed by atoms with Crippen LogP contribution in [0.4, 0.5) is 10.5 Å². The summed E-state index contributed by atoms with van der Waals surface area (Å²) in [6.07, 6.45) is -1.03. The summed E-state index contributed by atoms with van der Waals surface area (Å²) in [4.78, 5) is 24.1. The molecule has 200 valence electrons. The van der Waals surface area contributed by atoms with Gasteiger partial charge in [-0.05, 0) is 54.8 Å². The van der Waals surface area contributed by atoms with E-state index in [9.17, 15) is 14.7 Å². The molecule has 40 heavy (non-hydrogen) atoms. The predicted octanol–water partition coefficient (Wildman–Crippen LogP) is 8.12. The number of carbonyl (C=O) groups is 2. The van der Waals surface area contributed by atoms with Crippen molar-refractivity contribution in [2.24, 2.45) is 0 Å². The Hall–Kier alpha value is -5.37. The molecular formula is C32H26N2O6. The van der Waals surface area contributed by atoms with Crippen LogP contribution in [0.15, 0.2) is 108 Å². The molecule has 0 aliphatic heterocycles. The van der Waals surface area contributed by atoms with E-state index in [1.165, 1.54) is 6.07 Å². The first-order valence-electron chi connectivity index (χ1n) is 12.6. The Labute approximate surface area is 230 Å². The molecule has 5 rings (SSSR count). The van der Waals surface area contributed by atoms with Crippen molar-refractivity contribution in [1.82, 2.24) is 5.16 Å². The van der Waals surface area contributed by atoms with Gasteiger partial charge in [0.2, 0.25) is 0 Å². The van der Waals surface area contributed by atoms with E-state index in [2.05, 4.69) is 10.5 Å². The lowest BCUT2D eigenvalue weighted by molar-refractivity contribution is 0.0694. The number of aromatic nitrogens is 1. The van der Waals surface area contributed by atoms with Crippen molar-refractivity contribution in [3.8, 4) is 33.9 Å². The number of aryl methyl sites for hydroxylation is 1. The van der Waals surface area contributed by atoms with Crippen LogP contribution in [-0.2, 0) is 4.74 Å². The molecule has 1 amide bonds. The number of para-hydroxylation sites is 1. The van der Waals surface area contributed by atoms with Gasteiger partial charge < -0.3 is 19.1 Å². The SMILES string of the molecule is Cc1noc(-c2ccc(-c3ccc(Oc4ccccc4C(=O)O)cc3)cc2)c1NC(=O)O[C@H](C)c1ccccc1. The number of amides is 1. The lowest BCUT2D eigenvalue weighted by Crippen LogP contribution is -2.16. The number of ether oxygens (including phenoxy) is 2. The van der Waals surface area contributed by atoms with Crippen LogP contribution in [0.5, 0.6) is 11.5 Å². The first kappa shape index (κ1) is 26.2. The van der Waals surface area contributed by atoms with Crippen molar-refractivity contribution < 1.29 is 28.7 Å².